The molecule has 0 spiro atoms. The second-order valence-corrected chi connectivity index (χ2v) is 10.5. The van der Waals surface area contributed by atoms with Crippen LogP contribution in [0.3, 0.4) is 0 Å². The van der Waals surface area contributed by atoms with Gasteiger partial charge in [0.05, 0.1) is 24.2 Å². The molecular formula is C29H32ClFN8O3. The Labute approximate surface area is 247 Å². The van der Waals surface area contributed by atoms with Crippen molar-refractivity contribution < 1.29 is 18.7 Å². The lowest BCUT2D eigenvalue weighted by Crippen LogP contribution is -2.46. The zero-order chi connectivity index (χ0) is 29.5. The van der Waals surface area contributed by atoms with Crippen molar-refractivity contribution in [2.45, 2.75) is 38.5 Å². The molecule has 0 aliphatic carbocycles. The molecule has 42 heavy (non-hydrogen) atoms. The van der Waals surface area contributed by atoms with E-state index in [0.717, 1.165) is 42.7 Å². The van der Waals surface area contributed by atoms with Crippen LogP contribution in [-0.2, 0) is 24.4 Å². The number of hydrogen-bond donors (Lipinski definition) is 2. The molecule has 11 nitrogen and oxygen atoms in total. The summed E-state index contributed by atoms with van der Waals surface area (Å²) in [4.78, 5) is 38.1. The first kappa shape index (κ1) is 29.2. The van der Waals surface area contributed by atoms with Crippen molar-refractivity contribution in [3.05, 3.63) is 83.3 Å². The van der Waals surface area contributed by atoms with Crippen molar-refractivity contribution in [2.24, 2.45) is 0 Å². The van der Waals surface area contributed by atoms with E-state index in [9.17, 15) is 14.0 Å². The molecule has 5 rings (SSSR count). The summed E-state index contributed by atoms with van der Waals surface area (Å²) in [6, 6.07) is 13.1. The fourth-order valence-electron chi connectivity index (χ4n) is 4.85. The number of hydrogen-bond acceptors (Lipinski definition) is 7. The monoisotopic (exact) mass is 594 g/mol. The molecule has 2 N–H and O–H groups in total. The van der Waals surface area contributed by atoms with Crippen LogP contribution in [-0.4, -0.2) is 74.5 Å². The van der Waals surface area contributed by atoms with E-state index in [4.69, 9.17) is 16.3 Å². The number of carbonyl (C=O) groups excluding carboxylic acids is 2. The van der Waals surface area contributed by atoms with Gasteiger partial charge in [0, 0.05) is 31.7 Å². The standard InChI is InChI=1S/C29H32ClFN8O3/c1-37(28(40)33-16-22-8-4-10-24(31)27(22)30)23(9-5-11-38-12-13-39-26(17-38)34-19-35-39)18-42-29(41)36-25-14-20-6-2-3-7-21(20)15-32-25/h2-4,6-8,10,14-15,19,23H,5,9,11-13,16-18H2,1H3,(H,33,40)(H,32,36,41)/t23-/m0/s1. The molecule has 3 amide bonds. The van der Waals surface area contributed by atoms with Crippen LogP contribution in [0.5, 0.6) is 0 Å². The van der Waals surface area contributed by atoms with Crippen molar-refractivity contribution in [3.8, 4) is 0 Å². The van der Waals surface area contributed by atoms with Crippen molar-refractivity contribution in [1.29, 1.82) is 0 Å². The Morgan fingerprint density at radius 1 is 1.14 bits per heavy atom. The van der Waals surface area contributed by atoms with Crippen LogP contribution in [0.4, 0.5) is 19.8 Å². The normalized spacial score (nSPS) is 13.8. The number of urea groups is 1. The molecule has 2 aromatic carbocycles. The first-order valence-corrected chi connectivity index (χ1v) is 14.1. The van der Waals surface area contributed by atoms with E-state index in [2.05, 4.69) is 30.6 Å². The van der Waals surface area contributed by atoms with Gasteiger partial charge in [0.25, 0.3) is 0 Å². The van der Waals surface area contributed by atoms with Gasteiger partial charge in [-0.15, -0.1) is 0 Å². The number of halogens is 2. The average Bonchev–Trinajstić information content (AvgIpc) is 3.47. The molecule has 0 radical (unpaired) electrons. The summed E-state index contributed by atoms with van der Waals surface area (Å²) in [6.45, 7) is 3.13. The summed E-state index contributed by atoms with van der Waals surface area (Å²) in [5.74, 6) is 0.741. The molecule has 1 aliphatic rings. The zero-order valence-electron chi connectivity index (χ0n) is 23.2. The van der Waals surface area contributed by atoms with Gasteiger partial charge < -0.3 is 15.0 Å². The molecule has 4 aromatic rings. The molecule has 0 saturated carbocycles. The Hall–Kier alpha value is -4.29. The van der Waals surface area contributed by atoms with Gasteiger partial charge >= 0.3 is 12.1 Å². The number of ether oxygens (including phenoxy) is 1. The largest absolute Gasteiger partial charge is 0.447 e. The highest BCUT2D eigenvalue weighted by molar-refractivity contribution is 6.31. The molecule has 220 valence electrons. The number of fused-ring (bicyclic) bond motifs is 2. The topological polar surface area (TPSA) is 118 Å². The molecular weight excluding hydrogens is 563 g/mol. The number of aromatic nitrogens is 4. The molecule has 3 heterocycles. The van der Waals surface area contributed by atoms with Crippen LogP contribution in [0.25, 0.3) is 10.8 Å². The molecule has 0 bridgehead atoms. The van der Waals surface area contributed by atoms with E-state index in [-0.39, 0.29) is 18.2 Å². The first-order valence-electron chi connectivity index (χ1n) is 13.7. The van der Waals surface area contributed by atoms with Crippen LogP contribution in [0.1, 0.15) is 24.2 Å². The number of rotatable bonds is 10. The van der Waals surface area contributed by atoms with Gasteiger partial charge in [0.15, 0.2) is 0 Å². The third kappa shape index (κ3) is 7.31. The van der Waals surface area contributed by atoms with Crippen LogP contribution in [0.2, 0.25) is 5.02 Å². The molecule has 0 unspecified atom stereocenters. The van der Waals surface area contributed by atoms with Crippen LogP contribution < -0.4 is 10.6 Å². The number of anilines is 1. The average molecular weight is 595 g/mol. The second kappa shape index (κ2) is 13.6. The van der Waals surface area contributed by atoms with Gasteiger partial charge in [-0.05, 0) is 42.5 Å². The van der Waals surface area contributed by atoms with Crippen molar-refractivity contribution in [2.75, 3.05) is 32.1 Å². The third-order valence-electron chi connectivity index (χ3n) is 7.30. The maximum atomic E-state index is 13.8. The predicted molar refractivity (Wildman–Crippen MR) is 156 cm³/mol. The molecule has 1 aliphatic heterocycles. The van der Waals surface area contributed by atoms with E-state index in [1.807, 2.05) is 28.9 Å². The maximum Gasteiger partial charge on any atom is 0.412 e. The third-order valence-corrected chi connectivity index (χ3v) is 7.72. The van der Waals surface area contributed by atoms with Gasteiger partial charge in [0.2, 0.25) is 0 Å². The van der Waals surface area contributed by atoms with Crippen LogP contribution in [0.15, 0.2) is 61.1 Å². The Kier molecular flexibility index (Phi) is 9.45. The number of amides is 3. The number of nitrogens with zero attached hydrogens (tertiary/aromatic N) is 6. The fraction of sp³-hybridized carbons (Fsp3) is 0.345. The van der Waals surface area contributed by atoms with Gasteiger partial charge in [-0.3, -0.25) is 10.2 Å². The summed E-state index contributed by atoms with van der Waals surface area (Å²) < 4.78 is 21.3. The lowest BCUT2D eigenvalue weighted by molar-refractivity contribution is 0.110. The Bertz CT molecular complexity index is 1550. The Morgan fingerprint density at radius 2 is 1.98 bits per heavy atom. The van der Waals surface area contributed by atoms with E-state index >= 15 is 0 Å². The number of pyridine rings is 1. The van der Waals surface area contributed by atoms with Gasteiger partial charge in [-0.25, -0.2) is 28.6 Å². The van der Waals surface area contributed by atoms with E-state index in [0.29, 0.717) is 24.3 Å². The zero-order valence-corrected chi connectivity index (χ0v) is 23.9. The summed E-state index contributed by atoms with van der Waals surface area (Å²) >= 11 is 6.04. The summed E-state index contributed by atoms with van der Waals surface area (Å²) in [5, 5.41) is 11.5. The summed E-state index contributed by atoms with van der Waals surface area (Å²) in [6.07, 6.45) is 3.91. The predicted octanol–water partition coefficient (Wildman–Crippen LogP) is 4.67. The highest BCUT2D eigenvalue weighted by Crippen LogP contribution is 2.20. The van der Waals surface area contributed by atoms with Gasteiger partial charge in [0.1, 0.15) is 30.4 Å². The minimum atomic E-state index is -0.668. The molecule has 1 atom stereocenters. The summed E-state index contributed by atoms with van der Waals surface area (Å²) in [7, 11) is 1.64. The highest BCUT2D eigenvalue weighted by Gasteiger charge is 2.24. The molecule has 13 heteroatoms. The van der Waals surface area contributed by atoms with Crippen molar-refractivity contribution in [1.82, 2.24) is 34.9 Å². The van der Waals surface area contributed by atoms with Crippen LogP contribution in [0, 0.1) is 5.82 Å². The molecule has 0 fully saturated rings. The number of nitrogens with one attached hydrogen (secondary N) is 2. The van der Waals surface area contributed by atoms with Gasteiger partial charge in [-0.1, -0.05) is 48.0 Å². The minimum absolute atomic E-state index is 0.0294. The minimum Gasteiger partial charge on any atom is -0.447 e. The highest BCUT2D eigenvalue weighted by atomic mass is 35.5. The van der Waals surface area contributed by atoms with E-state index < -0.39 is 24.0 Å². The van der Waals surface area contributed by atoms with Crippen molar-refractivity contribution >= 4 is 40.3 Å². The maximum absolute atomic E-state index is 13.8. The molecule has 2 aromatic heterocycles. The Balaban J connectivity index is 1.18. The first-order chi connectivity index (χ1) is 20.4. The number of likely N-dealkylation sites (N-methyl/N-ethyl adjacent to an activating group) is 1. The lowest BCUT2D eigenvalue weighted by atomic mass is 10.1. The smallest absolute Gasteiger partial charge is 0.412 e. The Morgan fingerprint density at radius 3 is 2.83 bits per heavy atom. The molecule has 0 saturated heterocycles. The lowest BCUT2D eigenvalue weighted by Gasteiger charge is -2.30. The van der Waals surface area contributed by atoms with Gasteiger partial charge in [-0.2, -0.15) is 5.10 Å². The number of carbonyl (C=O) groups is 2. The fourth-order valence-corrected chi connectivity index (χ4v) is 5.05. The van der Waals surface area contributed by atoms with E-state index in [1.165, 1.54) is 17.0 Å². The second-order valence-electron chi connectivity index (χ2n) is 10.1. The van der Waals surface area contributed by atoms with E-state index in [1.54, 1.807) is 31.7 Å². The summed E-state index contributed by atoms with van der Waals surface area (Å²) in [5.41, 5.74) is 0.464. The number of benzene rings is 2. The quantitative estimate of drug-likeness (QED) is 0.274. The SMILES string of the molecule is CN(C(=O)NCc1cccc(F)c1Cl)[C@@H](CCCN1CCn2ncnc2C1)COC(=O)Nc1cc2ccccc2cn1. The van der Waals surface area contributed by atoms with Crippen molar-refractivity contribution in [3.63, 3.8) is 0 Å². The van der Waals surface area contributed by atoms with Crippen LogP contribution >= 0.6 is 11.6 Å².